The van der Waals surface area contributed by atoms with E-state index < -0.39 is 8.32 Å². The molecule has 2 aliphatic heterocycles. The van der Waals surface area contributed by atoms with Gasteiger partial charge < -0.3 is 13.9 Å². The molecule has 2 heterocycles. The van der Waals surface area contributed by atoms with E-state index in [2.05, 4.69) is 75.4 Å². The highest BCUT2D eigenvalue weighted by molar-refractivity contribution is 6.74. The Labute approximate surface area is 179 Å². The van der Waals surface area contributed by atoms with Crippen LogP contribution in [0.2, 0.25) is 18.1 Å². The summed E-state index contributed by atoms with van der Waals surface area (Å²) < 4.78 is 19.3. The Morgan fingerprint density at radius 3 is 2.14 bits per heavy atom. The normalized spacial score (nSPS) is 26.0. The highest BCUT2D eigenvalue weighted by Crippen LogP contribution is 2.48. The minimum atomic E-state index is -1.89. The maximum atomic E-state index is 6.80. The molecule has 0 radical (unpaired) electrons. The van der Waals surface area contributed by atoms with E-state index in [9.17, 15) is 0 Å². The first kappa shape index (κ1) is 22.7. The number of ether oxygens (including phenoxy) is 2. The summed E-state index contributed by atoms with van der Waals surface area (Å²) in [5.74, 6) is 2.21. The lowest BCUT2D eigenvalue weighted by atomic mass is 9.84. The third-order valence-corrected chi connectivity index (χ3v) is 12.2. The SMILES string of the molecule is Cc1c(C)c2c(c(C)c1O[Si](C)(C)C(C)(C)C)CC[C@](C)(CCC1OC1(C)C)O2. The molecule has 0 bridgehead atoms. The van der Waals surface area contributed by atoms with E-state index in [0.29, 0.717) is 6.10 Å². The van der Waals surface area contributed by atoms with Crippen LogP contribution in [-0.4, -0.2) is 25.6 Å². The zero-order valence-electron chi connectivity index (χ0n) is 20.6. The lowest BCUT2D eigenvalue weighted by molar-refractivity contribution is 0.0508. The summed E-state index contributed by atoms with van der Waals surface area (Å²) in [4.78, 5) is 0. The van der Waals surface area contributed by atoms with Crippen molar-refractivity contribution < 1.29 is 13.9 Å². The average molecular weight is 419 g/mol. The minimum Gasteiger partial charge on any atom is -0.543 e. The van der Waals surface area contributed by atoms with Gasteiger partial charge in [-0.05, 0) is 102 Å². The van der Waals surface area contributed by atoms with Crippen LogP contribution >= 0.6 is 0 Å². The molecule has 0 N–H and O–H groups in total. The van der Waals surface area contributed by atoms with Gasteiger partial charge in [0.25, 0.3) is 8.32 Å². The van der Waals surface area contributed by atoms with Crippen molar-refractivity contribution in [3.8, 4) is 11.5 Å². The van der Waals surface area contributed by atoms with Crippen molar-refractivity contribution in [2.45, 2.75) is 123 Å². The summed E-state index contributed by atoms with van der Waals surface area (Å²) in [6.07, 6.45) is 4.61. The summed E-state index contributed by atoms with van der Waals surface area (Å²) in [7, 11) is -1.89. The second-order valence-electron chi connectivity index (χ2n) is 11.7. The van der Waals surface area contributed by atoms with Crippen molar-refractivity contribution in [3.05, 3.63) is 22.3 Å². The zero-order valence-corrected chi connectivity index (χ0v) is 21.6. The third-order valence-electron chi connectivity index (χ3n) is 7.83. The van der Waals surface area contributed by atoms with Crippen LogP contribution in [0.1, 0.15) is 83.1 Å². The van der Waals surface area contributed by atoms with Gasteiger partial charge in [-0.1, -0.05) is 20.8 Å². The first-order chi connectivity index (χ1) is 13.1. The Balaban J connectivity index is 1.87. The predicted molar refractivity (Wildman–Crippen MR) is 124 cm³/mol. The fourth-order valence-electron chi connectivity index (χ4n) is 4.19. The van der Waals surface area contributed by atoms with Crippen LogP contribution < -0.4 is 9.16 Å². The molecular formula is C25H42O3Si. The zero-order chi connectivity index (χ0) is 22.0. The number of benzene rings is 1. The van der Waals surface area contributed by atoms with Gasteiger partial charge in [-0.15, -0.1) is 0 Å². The van der Waals surface area contributed by atoms with E-state index >= 15 is 0 Å². The van der Waals surface area contributed by atoms with Crippen LogP contribution in [0.3, 0.4) is 0 Å². The van der Waals surface area contributed by atoms with Gasteiger partial charge in [-0.2, -0.15) is 0 Å². The molecule has 0 amide bonds. The van der Waals surface area contributed by atoms with E-state index in [1.54, 1.807) is 0 Å². The topological polar surface area (TPSA) is 31.0 Å². The van der Waals surface area contributed by atoms with Crippen LogP contribution in [0.25, 0.3) is 0 Å². The van der Waals surface area contributed by atoms with Gasteiger partial charge >= 0.3 is 0 Å². The standard InChI is InChI=1S/C25H42O3Si/c1-16-17(2)22-19(18(3)21(16)28-29(10,11)23(4,5)6)12-14-25(9,27-22)15-13-20-24(7,8)26-20/h20H,12-15H2,1-11H3/t20?,25-/m1/s1. The van der Waals surface area contributed by atoms with Gasteiger partial charge in [0, 0.05) is 5.56 Å². The summed E-state index contributed by atoms with van der Waals surface area (Å²) in [6.45, 7) is 24.8. The first-order valence-corrected chi connectivity index (χ1v) is 14.2. The van der Waals surface area contributed by atoms with Gasteiger partial charge in [0.15, 0.2) is 0 Å². The number of fused-ring (bicyclic) bond motifs is 1. The largest absolute Gasteiger partial charge is 0.543 e. The molecule has 1 saturated heterocycles. The molecule has 29 heavy (non-hydrogen) atoms. The summed E-state index contributed by atoms with van der Waals surface area (Å²) in [6, 6.07) is 0. The molecule has 1 fully saturated rings. The second kappa shape index (κ2) is 7.02. The van der Waals surface area contributed by atoms with Crippen LogP contribution in [0.5, 0.6) is 11.5 Å². The second-order valence-corrected chi connectivity index (χ2v) is 16.4. The summed E-state index contributed by atoms with van der Waals surface area (Å²) in [5.41, 5.74) is 5.06. The molecular weight excluding hydrogens is 376 g/mol. The van der Waals surface area contributed by atoms with Gasteiger partial charge in [0.2, 0.25) is 0 Å². The van der Waals surface area contributed by atoms with Crippen LogP contribution in [0.4, 0.5) is 0 Å². The Bertz CT molecular complexity index is 804. The Morgan fingerprint density at radius 1 is 1.03 bits per heavy atom. The summed E-state index contributed by atoms with van der Waals surface area (Å²) >= 11 is 0. The number of hydrogen-bond donors (Lipinski definition) is 0. The summed E-state index contributed by atoms with van der Waals surface area (Å²) in [5, 5.41) is 0.184. The van der Waals surface area contributed by atoms with E-state index in [-0.39, 0.29) is 16.2 Å². The molecule has 3 rings (SSSR count). The molecule has 0 aliphatic carbocycles. The Morgan fingerprint density at radius 2 is 1.62 bits per heavy atom. The molecule has 0 spiro atoms. The molecule has 0 aromatic heterocycles. The van der Waals surface area contributed by atoms with Crippen molar-refractivity contribution in [3.63, 3.8) is 0 Å². The quantitative estimate of drug-likeness (QED) is 0.379. The van der Waals surface area contributed by atoms with Crippen molar-refractivity contribution in [2.24, 2.45) is 0 Å². The lowest BCUT2D eigenvalue weighted by Gasteiger charge is -2.41. The Hall–Kier alpha value is -1.00. The molecule has 3 nitrogen and oxygen atoms in total. The van der Waals surface area contributed by atoms with Crippen LogP contribution in [0.15, 0.2) is 0 Å². The third kappa shape index (κ3) is 4.25. The number of rotatable bonds is 5. The smallest absolute Gasteiger partial charge is 0.250 e. The fraction of sp³-hybridized carbons (Fsp3) is 0.760. The van der Waals surface area contributed by atoms with E-state index in [1.807, 2.05) is 0 Å². The van der Waals surface area contributed by atoms with Crippen molar-refractivity contribution in [2.75, 3.05) is 0 Å². The lowest BCUT2D eigenvalue weighted by Crippen LogP contribution is -2.44. The Kier molecular flexibility index (Phi) is 5.49. The molecule has 2 aliphatic rings. The molecule has 1 unspecified atom stereocenters. The molecule has 1 aromatic rings. The maximum Gasteiger partial charge on any atom is 0.250 e. The predicted octanol–water partition coefficient (Wildman–Crippen LogP) is 7.04. The fourth-order valence-corrected chi connectivity index (χ4v) is 5.32. The first-order valence-electron chi connectivity index (χ1n) is 11.3. The monoisotopic (exact) mass is 418 g/mol. The van der Waals surface area contributed by atoms with Crippen molar-refractivity contribution >= 4 is 8.32 Å². The van der Waals surface area contributed by atoms with Crippen LogP contribution in [-0.2, 0) is 11.2 Å². The number of hydrogen-bond acceptors (Lipinski definition) is 3. The average Bonchev–Trinajstić information content (AvgIpc) is 3.21. The van der Waals surface area contributed by atoms with E-state index in [0.717, 1.165) is 37.2 Å². The molecule has 1 aromatic carbocycles. The van der Waals surface area contributed by atoms with E-state index in [4.69, 9.17) is 13.9 Å². The minimum absolute atomic E-state index is 0.0576. The van der Waals surface area contributed by atoms with Gasteiger partial charge in [0.05, 0.1) is 11.7 Å². The van der Waals surface area contributed by atoms with Crippen molar-refractivity contribution in [1.82, 2.24) is 0 Å². The molecule has 164 valence electrons. The van der Waals surface area contributed by atoms with Crippen molar-refractivity contribution in [1.29, 1.82) is 0 Å². The highest BCUT2D eigenvalue weighted by atomic mass is 28.4. The highest BCUT2D eigenvalue weighted by Gasteiger charge is 2.48. The van der Waals surface area contributed by atoms with Crippen LogP contribution in [0, 0.1) is 20.8 Å². The van der Waals surface area contributed by atoms with Gasteiger partial charge in [-0.3, -0.25) is 0 Å². The molecule has 4 heteroatoms. The van der Waals surface area contributed by atoms with E-state index in [1.165, 1.54) is 22.3 Å². The number of epoxide rings is 1. The molecule has 0 saturated carbocycles. The van der Waals surface area contributed by atoms with Gasteiger partial charge in [-0.25, -0.2) is 0 Å². The van der Waals surface area contributed by atoms with Gasteiger partial charge in [0.1, 0.15) is 17.1 Å². The molecule has 2 atom stereocenters. The maximum absolute atomic E-state index is 6.80.